The highest BCUT2D eigenvalue weighted by Gasteiger charge is 2.20. The molecule has 0 heterocycles. The average molecular weight is 366 g/mol. The van der Waals surface area contributed by atoms with E-state index in [0.717, 1.165) is 5.56 Å². The van der Waals surface area contributed by atoms with Gasteiger partial charge in [-0.2, -0.15) is 0 Å². The fraction of sp³-hybridized carbons (Fsp3) is 0.550. The number of rotatable bonds is 6. The molecular weight excluding hydrogens is 335 g/mol. The van der Waals surface area contributed by atoms with E-state index in [-0.39, 0.29) is 23.2 Å². The maximum atomic E-state index is 12.0. The van der Waals surface area contributed by atoms with Gasteiger partial charge in [0.1, 0.15) is 6.61 Å². The van der Waals surface area contributed by atoms with Crippen LogP contribution in [0.1, 0.15) is 58.2 Å². The van der Waals surface area contributed by atoms with Crippen molar-refractivity contribution in [2.24, 2.45) is 0 Å². The molecule has 140 valence electrons. The van der Waals surface area contributed by atoms with Gasteiger partial charge in [0.25, 0.3) is 0 Å². The van der Waals surface area contributed by atoms with Gasteiger partial charge in [0, 0.05) is 13.8 Å². The Kier molecular flexibility index (Phi) is 6.97. The minimum absolute atomic E-state index is 0.0181. The van der Waals surface area contributed by atoms with Crippen molar-refractivity contribution in [3.63, 3.8) is 0 Å². The van der Waals surface area contributed by atoms with E-state index >= 15 is 0 Å². The highest BCUT2D eigenvalue weighted by Crippen LogP contribution is 2.42. The monoisotopic (exact) mass is 366 g/mol. The van der Waals surface area contributed by atoms with E-state index in [2.05, 4.69) is 59.7 Å². The van der Waals surface area contributed by atoms with Crippen LogP contribution in [0.2, 0.25) is 0 Å². The molecule has 1 atom stereocenters. The first-order chi connectivity index (χ1) is 11.2. The first-order valence-electron chi connectivity index (χ1n) is 8.39. The third-order valence-electron chi connectivity index (χ3n) is 3.92. The second kappa shape index (κ2) is 7.99. The number of carbonyl (C=O) groups excluding carboxylic acids is 1. The van der Waals surface area contributed by atoms with Gasteiger partial charge in [-0.25, -0.2) is 0 Å². The Bertz CT molecular complexity index is 658. The summed E-state index contributed by atoms with van der Waals surface area (Å²) in [5, 5.41) is 0. The molecule has 0 aliphatic carbocycles. The van der Waals surface area contributed by atoms with E-state index in [1.54, 1.807) is 6.08 Å². The van der Waals surface area contributed by atoms with Crippen molar-refractivity contribution < 1.29 is 18.4 Å². The molecule has 0 saturated carbocycles. The molecule has 0 aromatic heterocycles. The third kappa shape index (κ3) is 7.27. The van der Waals surface area contributed by atoms with Crippen molar-refractivity contribution in [2.75, 3.05) is 20.4 Å². The van der Waals surface area contributed by atoms with Crippen LogP contribution in [0, 0.1) is 0 Å². The maximum absolute atomic E-state index is 12.0. The molecule has 1 rings (SSSR count). The molecule has 0 saturated heterocycles. The van der Waals surface area contributed by atoms with Crippen LogP contribution in [-0.2, 0) is 29.2 Å². The lowest BCUT2D eigenvalue weighted by Crippen LogP contribution is -2.16. The second-order valence-electron chi connectivity index (χ2n) is 8.37. The largest absolute Gasteiger partial charge is 0.327 e. The molecule has 4 nitrogen and oxygen atoms in total. The summed E-state index contributed by atoms with van der Waals surface area (Å²) < 4.78 is 21.4. The molecule has 5 heteroatoms. The lowest BCUT2D eigenvalue weighted by molar-refractivity contribution is -0.116. The summed E-state index contributed by atoms with van der Waals surface area (Å²) in [5.41, 5.74) is 3.45. The fourth-order valence-electron chi connectivity index (χ4n) is 2.08. The van der Waals surface area contributed by atoms with E-state index in [4.69, 9.17) is 9.05 Å². The van der Waals surface area contributed by atoms with Crippen molar-refractivity contribution in [1.29, 1.82) is 0 Å². The highest BCUT2D eigenvalue weighted by molar-refractivity contribution is 7.52. The Morgan fingerprint density at radius 2 is 1.52 bits per heavy atom. The summed E-state index contributed by atoms with van der Waals surface area (Å²) in [4.78, 5) is 12.0. The van der Waals surface area contributed by atoms with Crippen LogP contribution in [0.5, 0.6) is 0 Å². The van der Waals surface area contributed by atoms with Crippen molar-refractivity contribution in [3.8, 4) is 0 Å². The molecule has 25 heavy (non-hydrogen) atoms. The Morgan fingerprint density at radius 1 is 1.04 bits per heavy atom. The van der Waals surface area contributed by atoms with Gasteiger partial charge < -0.3 is 9.05 Å². The van der Waals surface area contributed by atoms with Crippen molar-refractivity contribution >= 4 is 19.5 Å². The SMILES string of the molecule is COP(C)(=O)OCC(=O)C=Cc1cc(C(C)(C)C)cc(C(C)(C)C)c1. The third-order valence-corrected chi connectivity index (χ3v) is 5.18. The molecule has 1 aromatic carbocycles. The smallest absolute Gasteiger partial charge is 0.312 e. The van der Waals surface area contributed by atoms with E-state index in [1.807, 2.05) is 0 Å². The van der Waals surface area contributed by atoms with Gasteiger partial charge in [-0.1, -0.05) is 65.8 Å². The summed E-state index contributed by atoms with van der Waals surface area (Å²) in [6, 6.07) is 6.42. The zero-order chi connectivity index (χ0) is 19.5. The topological polar surface area (TPSA) is 52.6 Å². The zero-order valence-corrected chi connectivity index (χ0v) is 17.6. The van der Waals surface area contributed by atoms with Gasteiger partial charge in [0.2, 0.25) is 0 Å². The lowest BCUT2D eigenvalue weighted by atomic mass is 9.79. The predicted molar refractivity (Wildman–Crippen MR) is 104 cm³/mol. The van der Waals surface area contributed by atoms with Crippen molar-refractivity contribution in [2.45, 2.75) is 52.4 Å². The Morgan fingerprint density at radius 3 is 1.92 bits per heavy atom. The lowest BCUT2D eigenvalue weighted by Gasteiger charge is -2.25. The molecule has 0 fully saturated rings. The Balaban J connectivity index is 3.04. The van der Waals surface area contributed by atoms with Crippen LogP contribution in [0.15, 0.2) is 24.3 Å². The van der Waals surface area contributed by atoms with Gasteiger partial charge in [-0.05, 0) is 33.6 Å². The summed E-state index contributed by atoms with van der Waals surface area (Å²) >= 11 is 0. The molecule has 0 aliphatic rings. The molecule has 0 N–H and O–H groups in total. The minimum atomic E-state index is -3.14. The summed E-state index contributed by atoms with van der Waals surface area (Å²) in [7, 11) is -1.84. The Hall–Kier alpha value is -1.22. The predicted octanol–water partition coefficient (Wildman–Crippen LogP) is 5.35. The number of ketones is 1. The molecule has 1 unspecified atom stereocenters. The van der Waals surface area contributed by atoms with Crippen LogP contribution in [-0.4, -0.2) is 26.2 Å². The van der Waals surface area contributed by atoms with Crippen LogP contribution >= 0.6 is 7.60 Å². The zero-order valence-electron chi connectivity index (χ0n) is 16.7. The van der Waals surface area contributed by atoms with Crippen molar-refractivity contribution in [3.05, 3.63) is 41.0 Å². The fourth-order valence-corrected chi connectivity index (χ4v) is 2.55. The molecule has 0 aliphatic heterocycles. The number of hydrogen-bond donors (Lipinski definition) is 0. The first kappa shape index (κ1) is 21.8. The van der Waals surface area contributed by atoms with Gasteiger partial charge in [0.15, 0.2) is 5.78 Å². The molecule has 0 bridgehead atoms. The second-order valence-corrected chi connectivity index (χ2v) is 10.5. The Labute approximate surface area is 152 Å². The molecular formula is C20H31O4P. The number of benzene rings is 1. The average Bonchev–Trinajstić information content (AvgIpc) is 2.49. The molecule has 0 spiro atoms. The maximum Gasteiger partial charge on any atom is 0.327 e. The van der Waals surface area contributed by atoms with Crippen LogP contribution in [0.4, 0.5) is 0 Å². The molecule has 1 aromatic rings. The van der Waals surface area contributed by atoms with E-state index in [0.29, 0.717) is 0 Å². The van der Waals surface area contributed by atoms with Crippen LogP contribution in [0.3, 0.4) is 0 Å². The van der Waals surface area contributed by atoms with Gasteiger partial charge in [-0.3, -0.25) is 9.36 Å². The number of hydrogen-bond acceptors (Lipinski definition) is 4. The molecule has 0 radical (unpaired) electrons. The van der Waals surface area contributed by atoms with Crippen LogP contribution < -0.4 is 0 Å². The minimum Gasteiger partial charge on any atom is -0.312 e. The highest BCUT2D eigenvalue weighted by atomic mass is 31.2. The first-order valence-corrected chi connectivity index (χ1v) is 10.4. The summed E-state index contributed by atoms with van der Waals surface area (Å²) in [6.45, 7) is 14.1. The van der Waals surface area contributed by atoms with Gasteiger partial charge in [-0.15, -0.1) is 0 Å². The van der Waals surface area contributed by atoms with E-state index in [9.17, 15) is 9.36 Å². The summed E-state index contributed by atoms with van der Waals surface area (Å²) in [5.74, 6) is -0.252. The normalized spacial score (nSPS) is 15.4. The van der Waals surface area contributed by atoms with Gasteiger partial charge in [0.05, 0.1) is 0 Å². The standard InChI is InChI=1S/C20H31O4P/c1-19(2,3)16-11-15(12-17(13-16)20(4,5)6)9-10-18(21)14-24-25(8,22)23-7/h9-13H,14H2,1-8H3. The van der Waals surface area contributed by atoms with E-state index < -0.39 is 7.60 Å². The van der Waals surface area contributed by atoms with E-state index in [1.165, 1.54) is 31.0 Å². The van der Waals surface area contributed by atoms with Gasteiger partial charge >= 0.3 is 7.60 Å². The van der Waals surface area contributed by atoms with Crippen molar-refractivity contribution in [1.82, 2.24) is 0 Å². The number of carbonyl (C=O) groups is 1. The quantitative estimate of drug-likeness (QED) is 0.503. The summed E-state index contributed by atoms with van der Waals surface area (Å²) in [6.07, 6.45) is 3.24. The molecule has 0 amide bonds. The van der Waals surface area contributed by atoms with Crippen LogP contribution in [0.25, 0.3) is 6.08 Å².